The number of rotatable bonds is 4. The summed E-state index contributed by atoms with van der Waals surface area (Å²) in [6.45, 7) is 2.82. The van der Waals surface area contributed by atoms with E-state index in [4.69, 9.17) is 11.5 Å². The second kappa shape index (κ2) is 5.06. The monoisotopic (exact) mass is 116 g/mol. The summed E-state index contributed by atoms with van der Waals surface area (Å²) in [4.78, 5) is 0. The maximum Gasteiger partial charge on any atom is 0.00104 e. The van der Waals surface area contributed by atoms with Gasteiger partial charge in [-0.1, -0.05) is 6.42 Å². The first-order chi connectivity index (χ1) is 3.77. The molecule has 0 saturated heterocycles. The number of nitrogens with two attached hydrogens (primary N) is 2. The first-order valence-electron chi connectivity index (χ1n) is 3.23. The molecule has 50 valence electrons. The van der Waals surface area contributed by atoms with Crippen LogP contribution in [0.1, 0.15) is 26.2 Å². The van der Waals surface area contributed by atoms with Crippen LogP contribution in [0.2, 0.25) is 0 Å². The summed E-state index contributed by atoms with van der Waals surface area (Å²) in [7, 11) is 0. The average molecular weight is 116 g/mol. The van der Waals surface area contributed by atoms with Crippen molar-refractivity contribution in [3.63, 3.8) is 0 Å². The zero-order chi connectivity index (χ0) is 6.41. The van der Waals surface area contributed by atoms with Crippen LogP contribution in [0, 0.1) is 0 Å². The highest BCUT2D eigenvalue weighted by atomic mass is 14.6. The number of hydrogen-bond acceptors (Lipinski definition) is 2. The van der Waals surface area contributed by atoms with Crippen molar-refractivity contribution < 1.29 is 0 Å². The van der Waals surface area contributed by atoms with Gasteiger partial charge in [-0.3, -0.25) is 0 Å². The number of hydrogen-bond donors (Lipinski definition) is 2. The van der Waals surface area contributed by atoms with Crippen LogP contribution in [-0.4, -0.2) is 12.6 Å². The van der Waals surface area contributed by atoms with Gasteiger partial charge in [-0.05, 0) is 26.3 Å². The Labute approximate surface area is 51.2 Å². The van der Waals surface area contributed by atoms with Crippen molar-refractivity contribution in [2.24, 2.45) is 11.5 Å². The molecule has 2 heteroatoms. The predicted octanol–water partition coefficient (Wildman–Crippen LogP) is 0.463. The molecule has 1 unspecified atom stereocenters. The maximum absolute atomic E-state index is 5.49. The fraction of sp³-hybridized carbons (Fsp3) is 1.00. The van der Waals surface area contributed by atoms with Gasteiger partial charge in [0.2, 0.25) is 0 Å². The molecule has 0 aromatic carbocycles. The molecule has 1 atom stereocenters. The lowest BCUT2D eigenvalue weighted by molar-refractivity contribution is 0.602. The third kappa shape index (κ3) is 5.92. The van der Waals surface area contributed by atoms with Crippen LogP contribution in [0.25, 0.3) is 0 Å². The molecule has 0 aliphatic carbocycles. The molecule has 0 aromatic rings. The van der Waals surface area contributed by atoms with E-state index in [0.717, 1.165) is 19.4 Å². The molecule has 0 fully saturated rings. The third-order valence-electron chi connectivity index (χ3n) is 1.11. The Bertz CT molecular complexity index is 43.8. The second-order valence-corrected chi connectivity index (χ2v) is 2.26. The van der Waals surface area contributed by atoms with Crippen molar-refractivity contribution in [3.8, 4) is 0 Å². The molecule has 0 rings (SSSR count). The molecule has 2 nitrogen and oxygen atoms in total. The second-order valence-electron chi connectivity index (χ2n) is 2.26. The van der Waals surface area contributed by atoms with Gasteiger partial charge in [0.1, 0.15) is 0 Å². The van der Waals surface area contributed by atoms with Crippen molar-refractivity contribution in [2.45, 2.75) is 32.2 Å². The predicted molar refractivity (Wildman–Crippen MR) is 36.6 cm³/mol. The molecule has 0 heterocycles. The van der Waals surface area contributed by atoms with Crippen molar-refractivity contribution >= 4 is 0 Å². The van der Waals surface area contributed by atoms with E-state index >= 15 is 0 Å². The minimum absolute atomic E-state index is 0.349. The average Bonchev–Trinajstić information content (AvgIpc) is 1.66. The van der Waals surface area contributed by atoms with Crippen molar-refractivity contribution in [1.29, 1.82) is 0 Å². The smallest absolute Gasteiger partial charge is 0.00104 e. The van der Waals surface area contributed by atoms with E-state index in [9.17, 15) is 0 Å². The molecular weight excluding hydrogens is 100 g/mol. The molecule has 4 N–H and O–H groups in total. The van der Waals surface area contributed by atoms with E-state index in [1.165, 1.54) is 6.42 Å². The minimum atomic E-state index is 0.349. The normalized spacial score (nSPS) is 13.9. The Morgan fingerprint density at radius 1 is 1.38 bits per heavy atom. The molecule has 0 saturated carbocycles. The lowest BCUT2D eigenvalue weighted by Gasteiger charge is -2.01. The molecule has 8 heavy (non-hydrogen) atoms. The van der Waals surface area contributed by atoms with Crippen molar-refractivity contribution in [2.75, 3.05) is 6.54 Å². The zero-order valence-electron chi connectivity index (χ0n) is 5.56. The minimum Gasteiger partial charge on any atom is -0.330 e. The quantitative estimate of drug-likeness (QED) is 0.524. The molecule has 0 bridgehead atoms. The van der Waals surface area contributed by atoms with Crippen LogP contribution in [0.5, 0.6) is 0 Å². The third-order valence-corrected chi connectivity index (χ3v) is 1.11. The summed E-state index contributed by atoms with van der Waals surface area (Å²) in [5, 5.41) is 0. The van der Waals surface area contributed by atoms with E-state index in [1.807, 2.05) is 6.92 Å². The van der Waals surface area contributed by atoms with Gasteiger partial charge in [0.15, 0.2) is 0 Å². The van der Waals surface area contributed by atoms with E-state index in [0.29, 0.717) is 6.04 Å². The van der Waals surface area contributed by atoms with E-state index < -0.39 is 0 Å². The zero-order valence-corrected chi connectivity index (χ0v) is 5.56. The molecule has 0 aliphatic rings. The molecule has 0 spiro atoms. The fourth-order valence-corrected chi connectivity index (χ4v) is 0.611. The summed E-state index contributed by atoms with van der Waals surface area (Å²) >= 11 is 0. The molecular formula is C6H16N2. The Balaban J connectivity index is 2.72. The van der Waals surface area contributed by atoms with Crippen LogP contribution in [0.4, 0.5) is 0 Å². The van der Waals surface area contributed by atoms with Gasteiger partial charge in [0, 0.05) is 6.04 Å². The van der Waals surface area contributed by atoms with Gasteiger partial charge in [-0.2, -0.15) is 0 Å². The Morgan fingerprint density at radius 3 is 2.38 bits per heavy atom. The van der Waals surface area contributed by atoms with Crippen molar-refractivity contribution in [3.05, 3.63) is 0 Å². The maximum atomic E-state index is 5.49. The summed E-state index contributed by atoms with van der Waals surface area (Å²) in [6, 6.07) is 0.349. The molecule has 0 aliphatic heterocycles. The van der Waals surface area contributed by atoms with Gasteiger partial charge in [0.25, 0.3) is 0 Å². The van der Waals surface area contributed by atoms with Crippen LogP contribution in [0.15, 0.2) is 0 Å². The Kier molecular flexibility index (Phi) is 5.01. The van der Waals surface area contributed by atoms with Crippen LogP contribution in [0.3, 0.4) is 0 Å². The molecule has 0 radical (unpaired) electrons. The van der Waals surface area contributed by atoms with E-state index in [2.05, 4.69) is 0 Å². The van der Waals surface area contributed by atoms with Gasteiger partial charge < -0.3 is 11.5 Å². The highest BCUT2D eigenvalue weighted by Gasteiger charge is 1.90. The topological polar surface area (TPSA) is 52.0 Å². The molecule has 0 aromatic heterocycles. The van der Waals surface area contributed by atoms with Crippen LogP contribution >= 0.6 is 0 Å². The van der Waals surface area contributed by atoms with Crippen LogP contribution < -0.4 is 11.5 Å². The number of unbranched alkanes of at least 4 members (excludes halogenated alkanes) is 1. The summed E-state index contributed by atoms with van der Waals surface area (Å²) in [6.07, 6.45) is 3.40. The summed E-state index contributed by atoms with van der Waals surface area (Å²) in [5.74, 6) is 0. The fourth-order valence-electron chi connectivity index (χ4n) is 0.611. The van der Waals surface area contributed by atoms with Crippen molar-refractivity contribution in [1.82, 2.24) is 0 Å². The Hall–Kier alpha value is -0.0800. The van der Waals surface area contributed by atoms with Gasteiger partial charge >= 0.3 is 0 Å². The highest BCUT2D eigenvalue weighted by molar-refractivity contribution is 4.52. The Morgan fingerprint density at radius 2 is 2.00 bits per heavy atom. The lowest BCUT2D eigenvalue weighted by Crippen LogP contribution is -2.14. The van der Waals surface area contributed by atoms with Gasteiger partial charge in [-0.25, -0.2) is 0 Å². The first-order valence-corrected chi connectivity index (χ1v) is 3.23. The largest absolute Gasteiger partial charge is 0.330 e. The van der Waals surface area contributed by atoms with E-state index in [-0.39, 0.29) is 0 Å². The standard InChI is InChI=1S/C6H16N2/c1-6(8)4-2-3-5-7/h6H,2-5,7-8H2,1H3. The summed E-state index contributed by atoms with van der Waals surface area (Å²) in [5.41, 5.74) is 10.8. The van der Waals surface area contributed by atoms with Gasteiger partial charge in [-0.15, -0.1) is 0 Å². The molecule has 0 amide bonds. The van der Waals surface area contributed by atoms with Crippen LogP contribution in [-0.2, 0) is 0 Å². The highest BCUT2D eigenvalue weighted by Crippen LogP contribution is 1.95. The first kappa shape index (κ1) is 7.92. The lowest BCUT2D eigenvalue weighted by atomic mass is 10.1. The SMILES string of the molecule is CC(N)CCCCN. The van der Waals surface area contributed by atoms with E-state index in [1.54, 1.807) is 0 Å². The van der Waals surface area contributed by atoms with Gasteiger partial charge in [0.05, 0.1) is 0 Å². The summed E-state index contributed by atoms with van der Waals surface area (Å²) < 4.78 is 0.